The van der Waals surface area contributed by atoms with Gasteiger partial charge in [0.05, 0.1) is 6.54 Å². The number of anilines is 1. The summed E-state index contributed by atoms with van der Waals surface area (Å²) in [6, 6.07) is 14.3. The van der Waals surface area contributed by atoms with Crippen molar-refractivity contribution < 1.29 is 14.3 Å². The van der Waals surface area contributed by atoms with Crippen LogP contribution in [0, 0.1) is 6.92 Å². The molecule has 2 rings (SSSR count). The predicted molar refractivity (Wildman–Crippen MR) is 98.0 cm³/mol. The number of hydrogen-bond donors (Lipinski definition) is 3. The quantitative estimate of drug-likeness (QED) is 0.722. The first-order chi connectivity index (χ1) is 12.1. The third-order valence-electron chi connectivity index (χ3n) is 3.35. The third-order valence-corrected chi connectivity index (χ3v) is 3.35. The second-order valence-corrected chi connectivity index (χ2v) is 5.60. The first-order valence-electron chi connectivity index (χ1n) is 8.23. The second-order valence-electron chi connectivity index (χ2n) is 5.60. The number of aryl methyl sites for hydroxylation is 1. The number of ether oxygens (including phenoxy) is 1. The average Bonchev–Trinajstić information content (AvgIpc) is 2.62. The fourth-order valence-corrected chi connectivity index (χ4v) is 2.01. The van der Waals surface area contributed by atoms with Crippen LogP contribution in [0.2, 0.25) is 0 Å². The van der Waals surface area contributed by atoms with Gasteiger partial charge in [0.2, 0.25) is 5.91 Å². The molecule has 0 bridgehead atoms. The molecule has 0 aliphatic rings. The van der Waals surface area contributed by atoms with Crippen molar-refractivity contribution in [3.05, 3.63) is 54.1 Å². The molecule has 2 aromatic carbocycles. The van der Waals surface area contributed by atoms with Crippen LogP contribution >= 0.6 is 0 Å². The molecule has 3 amide bonds. The standard InChI is InChI=1S/C19H23N3O3/c1-3-12-20-18(23)13-21-19(24)22-15-6-10-17(11-7-15)25-16-8-4-14(2)5-9-16/h4-11H,3,12-13H2,1-2H3,(H,20,23)(H2,21,22,24). The molecule has 0 aliphatic heterocycles. The van der Waals surface area contributed by atoms with Gasteiger partial charge in [-0.1, -0.05) is 24.6 Å². The Balaban J connectivity index is 1.80. The number of nitrogens with one attached hydrogen (secondary N) is 3. The molecule has 0 spiro atoms. The minimum atomic E-state index is -0.432. The summed E-state index contributed by atoms with van der Waals surface area (Å²) < 4.78 is 5.73. The summed E-state index contributed by atoms with van der Waals surface area (Å²) in [7, 11) is 0. The molecule has 0 heterocycles. The summed E-state index contributed by atoms with van der Waals surface area (Å²) in [5.41, 5.74) is 1.78. The van der Waals surface area contributed by atoms with Crippen LogP contribution in [0.3, 0.4) is 0 Å². The molecule has 0 radical (unpaired) electrons. The minimum Gasteiger partial charge on any atom is -0.457 e. The Morgan fingerprint density at radius 2 is 1.52 bits per heavy atom. The number of rotatable bonds is 7. The van der Waals surface area contributed by atoms with Gasteiger partial charge in [0.25, 0.3) is 0 Å². The first-order valence-corrected chi connectivity index (χ1v) is 8.23. The Labute approximate surface area is 147 Å². The molecule has 25 heavy (non-hydrogen) atoms. The van der Waals surface area contributed by atoms with Crippen LogP contribution in [0.4, 0.5) is 10.5 Å². The Hall–Kier alpha value is -3.02. The molecule has 6 nitrogen and oxygen atoms in total. The van der Waals surface area contributed by atoms with E-state index < -0.39 is 6.03 Å². The van der Waals surface area contributed by atoms with Crippen molar-refractivity contribution >= 4 is 17.6 Å². The smallest absolute Gasteiger partial charge is 0.319 e. The molecule has 6 heteroatoms. The van der Waals surface area contributed by atoms with Crippen LogP contribution in [0.25, 0.3) is 0 Å². The van der Waals surface area contributed by atoms with Crippen LogP contribution in [0.5, 0.6) is 11.5 Å². The molecule has 0 fully saturated rings. The fraction of sp³-hybridized carbons (Fsp3) is 0.263. The van der Waals surface area contributed by atoms with Crippen LogP contribution in [-0.2, 0) is 4.79 Å². The highest BCUT2D eigenvalue weighted by Gasteiger charge is 2.05. The van der Waals surface area contributed by atoms with E-state index in [0.29, 0.717) is 18.0 Å². The van der Waals surface area contributed by atoms with Crippen molar-refractivity contribution in [2.75, 3.05) is 18.4 Å². The number of carbonyl (C=O) groups excluding carboxylic acids is 2. The number of hydrogen-bond acceptors (Lipinski definition) is 3. The zero-order valence-corrected chi connectivity index (χ0v) is 14.5. The monoisotopic (exact) mass is 341 g/mol. The molecule has 3 N–H and O–H groups in total. The summed E-state index contributed by atoms with van der Waals surface area (Å²) >= 11 is 0. The highest BCUT2D eigenvalue weighted by molar-refractivity contribution is 5.92. The van der Waals surface area contributed by atoms with Crippen LogP contribution in [0.1, 0.15) is 18.9 Å². The van der Waals surface area contributed by atoms with Gasteiger partial charge in [-0.05, 0) is 49.7 Å². The highest BCUT2D eigenvalue weighted by atomic mass is 16.5. The van der Waals surface area contributed by atoms with Gasteiger partial charge in [-0.2, -0.15) is 0 Å². The Morgan fingerprint density at radius 3 is 2.12 bits per heavy atom. The Kier molecular flexibility index (Phi) is 6.83. The number of carbonyl (C=O) groups is 2. The van der Waals surface area contributed by atoms with E-state index in [4.69, 9.17) is 4.74 Å². The summed E-state index contributed by atoms with van der Waals surface area (Å²) in [6.45, 7) is 4.53. The molecule has 0 saturated carbocycles. The van der Waals surface area contributed by atoms with E-state index in [2.05, 4.69) is 16.0 Å². The van der Waals surface area contributed by atoms with Gasteiger partial charge in [0.15, 0.2) is 0 Å². The lowest BCUT2D eigenvalue weighted by Crippen LogP contribution is -2.39. The number of amides is 3. The van der Waals surface area contributed by atoms with E-state index in [0.717, 1.165) is 12.2 Å². The first kappa shape index (κ1) is 18.3. The normalized spacial score (nSPS) is 10.0. The minimum absolute atomic E-state index is 0.0551. The van der Waals surface area contributed by atoms with E-state index >= 15 is 0 Å². The fourth-order valence-electron chi connectivity index (χ4n) is 2.01. The summed E-state index contributed by atoms with van der Waals surface area (Å²) in [5, 5.41) is 7.86. The van der Waals surface area contributed by atoms with Crippen molar-refractivity contribution in [3.8, 4) is 11.5 Å². The molecule has 0 unspecified atom stereocenters. The molecular weight excluding hydrogens is 318 g/mol. The molecule has 0 aromatic heterocycles. The summed E-state index contributed by atoms with van der Waals surface area (Å²) in [6.07, 6.45) is 0.856. The predicted octanol–water partition coefficient (Wildman–Crippen LogP) is 3.44. The van der Waals surface area contributed by atoms with Gasteiger partial charge in [0, 0.05) is 12.2 Å². The second kappa shape index (κ2) is 9.32. The zero-order valence-electron chi connectivity index (χ0n) is 14.5. The SMILES string of the molecule is CCCNC(=O)CNC(=O)Nc1ccc(Oc2ccc(C)cc2)cc1. The van der Waals surface area contributed by atoms with Gasteiger partial charge < -0.3 is 20.7 Å². The molecule has 2 aromatic rings. The third kappa shape index (κ3) is 6.55. The van der Waals surface area contributed by atoms with Gasteiger partial charge in [-0.15, -0.1) is 0 Å². The van der Waals surface area contributed by atoms with Gasteiger partial charge in [-0.25, -0.2) is 4.79 Å². The maximum Gasteiger partial charge on any atom is 0.319 e. The lowest BCUT2D eigenvalue weighted by Gasteiger charge is -2.09. The van der Waals surface area contributed by atoms with E-state index in [1.807, 2.05) is 38.1 Å². The van der Waals surface area contributed by atoms with Gasteiger partial charge >= 0.3 is 6.03 Å². The van der Waals surface area contributed by atoms with E-state index in [1.54, 1.807) is 24.3 Å². The zero-order chi connectivity index (χ0) is 18.1. The summed E-state index contributed by atoms with van der Waals surface area (Å²) in [5.74, 6) is 1.22. The van der Waals surface area contributed by atoms with Crippen LogP contribution in [0.15, 0.2) is 48.5 Å². The topological polar surface area (TPSA) is 79.5 Å². The summed E-state index contributed by atoms with van der Waals surface area (Å²) in [4.78, 5) is 23.2. The maximum absolute atomic E-state index is 11.8. The Morgan fingerprint density at radius 1 is 0.920 bits per heavy atom. The molecular formula is C19H23N3O3. The molecule has 0 aliphatic carbocycles. The van der Waals surface area contributed by atoms with Crippen molar-refractivity contribution in [2.45, 2.75) is 20.3 Å². The maximum atomic E-state index is 11.8. The highest BCUT2D eigenvalue weighted by Crippen LogP contribution is 2.23. The number of urea groups is 1. The molecule has 0 saturated heterocycles. The van der Waals surface area contributed by atoms with E-state index in [1.165, 1.54) is 5.56 Å². The van der Waals surface area contributed by atoms with Gasteiger partial charge in [-0.3, -0.25) is 4.79 Å². The largest absolute Gasteiger partial charge is 0.457 e. The lowest BCUT2D eigenvalue weighted by atomic mass is 10.2. The van der Waals surface area contributed by atoms with Crippen molar-refractivity contribution in [1.29, 1.82) is 0 Å². The van der Waals surface area contributed by atoms with Crippen molar-refractivity contribution in [3.63, 3.8) is 0 Å². The molecule has 0 atom stereocenters. The number of benzene rings is 2. The average molecular weight is 341 g/mol. The van der Waals surface area contributed by atoms with E-state index in [9.17, 15) is 9.59 Å². The van der Waals surface area contributed by atoms with Crippen LogP contribution < -0.4 is 20.7 Å². The lowest BCUT2D eigenvalue weighted by molar-refractivity contribution is -0.120. The van der Waals surface area contributed by atoms with Crippen molar-refractivity contribution in [1.82, 2.24) is 10.6 Å². The van der Waals surface area contributed by atoms with E-state index in [-0.39, 0.29) is 12.5 Å². The molecule has 132 valence electrons. The van der Waals surface area contributed by atoms with Gasteiger partial charge in [0.1, 0.15) is 11.5 Å². The van der Waals surface area contributed by atoms with Crippen LogP contribution in [-0.4, -0.2) is 25.0 Å². The van der Waals surface area contributed by atoms with Crippen molar-refractivity contribution in [2.24, 2.45) is 0 Å². The Bertz CT molecular complexity index is 697.